The molecule has 0 heterocycles. The summed E-state index contributed by atoms with van der Waals surface area (Å²) in [6.45, 7) is 4.41. The van der Waals surface area contributed by atoms with Gasteiger partial charge in [0, 0.05) is 5.25 Å². The molecule has 0 aromatic heterocycles. The van der Waals surface area contributed by atoms with Crippen molar-refractivity contribution in [2.24, 2.45) is 0 Å². The molecule has 0 fully saturated rings. The standard InChI is InChI=1S/C8H19NS/c1-4-5-6-7-8(2)10(3)9/h8-9H,4-7H2,1-3H3. The summed E-state index contributed by atoms with van der Waals surface area (Å²) in [6.07, 6.45) is 7.20. The monoisotopic (exact) mass is 161 g/mol. The smallest absolute Gasteiger partial charge is 0.0121 e. The van der Waals surface area contributed by atoms with Crippen molar-refractivity contribution in [2.75, 3.05) is 6.26 Å². The van der Waals surface area contributed by atoms with E-state index in [1.54, 1.807) is 0 Å². The number of hydrogen-bond acceptors (Lipinski definition) is 1. The fourth-order valence-electron chi connectivity index (χ4n) is 0.859. The fourth-order valence-corrected chi connectivity index (χ4v) is 1.38. The molecule has 1 nitrogen and oxygen atoms in total. The van der Waals surface area contributed by atoms with Crippen LogP contribution in [0.15, 0.2) is 0 Å². The van der Waals surface area contributed by atoms with Crippen molar-refractivity contribution in [1.29, 1.82) is 4.78 Å². The lowest BCUT2D eigenvalue weighted by atomic mass is 10.2. The van der Waals surface area contributed by atoms with E-state index >= 15 is 0 Å². The zero-order valence-electron chi connectivity index (χ0n) is 7.31. The average molecular weight is 161 g/mol. The van der Waals surface area contributed by atoms with Crippen LogP contribution in [0, 0.1) is 4.78 Å². The molecule has 0 aliphatic rings. The van der Waals surface area contributed by atoms with Gasteiger partial charge >= 0.3 is 0 Å². The van der Waals surface area contributed by atoms with Crippen LogP contribution >= 0.6 is 0 Å². The second-order valence-electron chi connectivity index (χ2n) is 2.86. The first-order chi connectivity index (χ1) is 4.68. The second-order valence-corrected chi connectivity index (χ2v) is 4.78. The molecule has 0 saturated carbocycles. The Morgan fingerprint density at radius 3 is 2.40 bits per heavy atom. The summed E-state index contributed by atoms with van der Waals surface area (Å²) in [7, 11) is -0.114. The van der Waals surface area contributed by atoms with Crippen molar-refractivity contribution in [3.8, 4) is 0 Å². The Morgan fingerprint density at radius 1 is 1.40 bits per heavy atom. The van der Waals surface area contributed by atoms with E-state index < -0.39 is 0 Å². The van der Waals surface area contributed by atoms with Crippen molar-refractivity contribution < 1.29 is 0 Å². The van der Waals surface area contributed by atoms with Crippen LogP contribution < -0.4 is 0 Å². The summed E-state index contributed by atoms with van der Waals surface area (Å²) in [5.74, 6) is 0. The Bertz CT molecular complexity index is 101. The van der Waals surface area contributed by atoms with Crippen molar-refractivity contribution >= 4 is 10.7 Å². The molecule has 2 atom stereocenters. The van der Waals surface area contributed by atoms with Gasteiger partial charge in [0.25, 0.3) is 0 Å². The minimum absolute atomic E-state index is 0.114. The van der Waals surface area contributed by atoms with Crippen molar-refractivity contribution in [3.63, 3.8) is 0 Å². The number of unbranched alkanes of at least 4 members (excludes halogenated alkanes) is 2. The summed E-state index contributed by atoms with van der Waals surface area (Å²) in [6, 6.07) is 0. The van der Waals surface area contributed by atoms with Gasteiger partial charge in [0.05, 0.1) is 0 Å². The largest absolute Gasteiger partial charge is 0.280 e. The zero-order valence-corrected chi connectivity index (χ0v) is 8.13. The lowest BCUT2D eigenvalue weighted by Gasteiger charge is -2.08. The van der Waals surface area contributed by atoms with Gasteiger partial charge in [-0.25, -0.2) is 0 Å². The molecule has 0 amide bonds. The molecule has 0 spiro atoms. The Morgan fingerprint density at radius 2 is 2.00 bits per heavy atom. The van der Waals surface area contributed by atoms with Crippen LogP contribution in [0.2, 0.25) is 0 Å². The Balaban J connectivity index is 3.21. The molecule has 2 heteroatoms. The summed E-state index contributed by atoms with van der Waals surface area (Å²) < 4.78 is 7.45. The van der Waals surface area contributed by atoms with E-state index in [2.05, 4.69) is 13.8 Å². The van der Waals surface area contributed by atoms with Gasteiger partial charge in [-0.2, -0.15) is 0 Å². The molecule has 0 saturated heterocycles. The van der Waals surface area contributed by atoms with Gasteiger partial charge in [-0.15, -0.1) is 10.7 Å². The van der Waals surface area contributed by atoms with E-state index in [4.69, 9.17) is 4.78 Å². The normalized spacial score (nSPS) is 16.7. The highest BCUT2D eigenvalue weighted by molar-refractivity contribution is 7.85. The van der Waals surface area contributed by atoms with Gasteiger partial charge in [-0.1, -0.05) is 33.1 Å². The highest BCUT2D eigenvalue weighted by Crippen LogP contribution is 2.06. The van der Waals surface area contributed by atoms with Crippen LogP contribution in [-0.2, 0) is 10.7 Å². The highest BCUT2D eigenvalue weighted by Gasteiger charge is 2.00. The van der Waals surface area contributed by atoms with E-state index in [1.807, 2.05) is 6.26 Å². The quantitative estimate of drug-likeness (QED) is 0.599. The molecule has 0 rings (SSSR count). The third kappa shape index (κ3) is 4.98. The molecule has 0 aliphatic heterocycles. The third-order valence-electron chi connectivity index (χ3n) is 1.82. The molecule has 0 aliphatic carbocycles. The van der Waals surface area contributed by atoms with Crippen LogP contribution in [0.5, 0.6) is 0 Å². The molecular weight excluding hydrogens is 142 g/mol. The Hall–Kier alpha value is 0.150. The SMILES string of the molecule is CCCCCC(C)S(C)=N. The van der Waals surface area contributed by atoms with Gasteiger partial charge < -0.3 is 0 Å². The number of rotatable bonds is 5. The Kier molecular flexibility index (Phi) is 5.99. The van der Waals surface area contributed by atoms with Crippen molar-refractivity contribution in [2.45, 2.75) is 44.8 Å². The van der Waals surface area contributed by atoms with E-state index in [0.717, 1.165) is 0 Å². The molecule has 0 radical (unpaired) electrons. The predicted octanol–water partition coefficient (Wildman–Crippen LogP) is 2.97. The van der Waals surface area contributed by atoms with Crippen molar-refractivity contribution in [1.82, 2.24) is 0 Å². The van der Waals surface area contributed by atoms with E-state index in [9.17, 15) is 0 Å². The lowest BCUT2D eigenvalue weighted by Crippen LogP contribution is -2.06. The van der Waals surface area contributed by atoms with Gasteiger partial charge in [-0.3, -0.25) is 4.78 Å². The first-order valence-corrected chi connectivity index (χ1v) is 5.74. The van der Waals surface area contributed by atoms with Crippen LogP contribution in [-0.4, -0.2) is 11.5 Å². The maximum absolute atomic E-state index is 7.45. The minimum Gasteiger partial charge on any atom is -0.280 e. The first kappa shape index (κ1) is 10.2. The average Bonchev–Trinajstić information content (AvgIpc) is 1.88. The molecule has 1 N–H and O–H groups in total. The van der Waals surface area contributed by atoms with Crippen LogP contribution in [0.25, 0.3) is 0 Å². The maximum Gasteiger partial charge on any atom is 0.0121 e. The molecule has 62 valence electrons. The van der Waals surface area contributed by atoms with Gasteiger partial charge in [0.1, 0.15) is 0 Å². The number of nitrogens with one attached hydrogen (secondary N) is 1. The van der Waals surface area contributed by atoms with Gasteiger partial charge in [0.15, 0.2) is 0 Å². The lowest BCUT2D eigenvalue weighted by molar-refractivity contribution is 0.663. The molecule has 0 aromatic rings. The van der Waals surface area contributed by atoms with Gasteiger partial charge in [-0.05, 0) is 12.7 Å². The van der Waals surface area contributed by atoms with Crippen LogP contribution in [0.1, 0.15) is 39.5 Å². The molecular formula is C8H19NS. The number of hydrogen-bond donors (Lipinski definition) is 1. The summed E-state index contributed by atoms with van der Waals surface area (Å²) in [4.78, 5) is 0. The second kappa shape index (κ2) is 5.90. The molecule has 0 bridgehead atoms. The molecule has 0 aromatic carbocycles. The predicted molar refractivity (Wildman–Crippen MR) is 49.6 cm³/mol. The summed E-state index contributed by atoms with van der Waals surface area (Å²) in [5, 5.41) is 0.617. The minimum atomic E-state index is -0.114. The van der Waals surface area contributed by atoms with E-state index in [-0.39, 0.29) is 10.7 Å². The first-order valence-electron chi connectivity index (χ1n) is 4.04. The van der Waals surface area contributed by atoms with Crippen LogP contribution in [0.4, 0.5) is 0 Å². The van der Waals surface area contributed by atoms with E-state index in [1.165, 1.54) is 25.7 Å². The maximum atomic E-state index is 7.45. The highest BCUT2D eigenvalue weighted by atomic mass is 32.2. The summed E-state index contributed by atoms with van der Waals surface area (Å²) >= 11 is 0. The third-order valence-corrected chi connectivity index (χ3v) is 3.26. The van der Waals surface area contributed by atoms with Crippen LogP contribution in [0.3, 0.4) is 0 Å². The molecule has 10 heavy (non-hydrogen) atoms. The summed E-state index contributed by atoms with van der Waals surface area (Å²) in [5.41, 5.74) is 0. The molecule has 2 unspecified atom stereocenters. The fraction of sp³-hybridized carbons (Fsp3) is 1.00. The van der Waals surface area contributed by atoms with E-state index in [0.29, 0.717) is 5.25 Å². The Labute approximate surface area is 67.1 Å². The van der Waals surface area contributed by atoms with Gasteiger partial charge in [0.2, 0.25) is 0 Å². The zero-order chi connectivity index (χ0) is 7.98. The topological polar surface area (TPSA) is 23.9 Å². The van der Waals surface area contributed by atoms with Crippen molar-refractivity contribution in [3.05, 3.63) is 0 Å².